The van der Waals surface area contributed by atoms with E-state index >= 15 is 0 Å². The van der Waals surface area contributed by atoms with Gasteiger partial charge in [0.15, 0.2) is 30.1 Å². The first kappa shape index (κ1) is 20.2. The van der Waals surface area contributed by atoms with E-state index in [1.54, 1.807) is 27.7 Å². The lowest BCUT2D eigenvalue weighted by molar-refractivity contribution is -0.235. The van der Waals surface area contributed by atoms with Gasteiger partial charge >= 0.3 is 11.9 Å². The summed E-state index contributed by atoms with van der Waals surface area (Å²) in [4.78, 5) is 23.7. The zero-order valence-electron chi connectivity index (χ0n) is 16.0. The molecule has 0 saturated carbocycles. The molecule has 1 unspecified atom stereocenters. The van der Waals surface area contributed by atoms with Gasteiger partial charge in [0.2, 0.25) is 0 Å². The first-order valence-corrected chi connectivity index (χ1v) is 8.93. The molecule has 5 atom stereocenters. The van der Waals surface area contributed by atoms with Crippen LogP contribution < -0.4 is 0 Å². The Balaban J connectivity index is 1.66. The first-order chi connectivity index (χ1) is 12.6. The number of ether oxygens (including phenoxy) is 7. The van der Waals surface area contributed by atoms with E-state index in [0.717, 1.165) is 6.26 Å². The summed E-state index contributed by atoms with van der Waals surface area (Å²) in [5.74, 6) is -2.74. The van der Waals surface area contributed by atoms with Crippen LogP contribution in [-0.2, 0) is 42.7 Å². The van der Waals surface area contributed by atoms with Gasteiger partial charge in [0.1, 0.15) is 12.2 Å². The molecule has 3 aliphatic heterocycles. The Morgan fingerprint density at radius 2 is 1.74 bits per heavy atom. The Kier molecular flexibility index (Phi) is 5.60. The van der Waals surface area contributed by atoms with Crippen molar-refractivity contribution < 1.29 is 42.7 Å². The van der Waals surface area contributed by atoms with Gasteiger partial charge in [0.25, 0.3) is 0 Å². The smallest absolute Gasteiger partial charge is 0.311 e. The van der Waals surface area contributed by atoms with Crippen molar-refractivity contribution in [2.24, 2.45) is 0 Å². The fraction of sp³-hybridized carbons (Fsp3) is 0.778. The van der Waals surface area contributed by atoms with Gasteiger partial charge in [-0.05, 0) is 27.7 Å². The third kappa shape index (κ3) is 4.67. The van der Waals surface area contributed by atoms with Gasteiger partial charge in [-0.2, -0.15) is 0 Å². The monoisotopic (exact) mass is 386 g/mol. The zero-order valence-corrected chi connectivity index (χ0v) is 16.0. The number of esters is 2. The third-order valence-electron chi connectivity index (χ3n) is 4.44. The fourth-order valence-electron chi connectivity index (χ4n) is 3.38. The van der Waals surface area contributed by atoms with Crippen molar-refractivity contribution >= 4 is 11.9 Å². The van der Waals surface area contributed by atoms with E-state index in [4.69, 9.17) is 28.4 Å². The molecule has 0 aromatic carbocycles. The molecule has 0 aromatic heterocycles. The van der Waals surface area contributed by atoms with Crippen LogP contribution in [0.2, 0.25) is 0 Å². The lowest BCUT2D eigenvalue weighted by atomic mass is 10.1. The summed E-state index contributed by atoms with van der Waals surface area (Å²) in [6, 6.07) is 0. The highest BCUT2D eigenvalue weighted by molar-refractivity contribution is 5.78. The minimum atomic E-state index is -0.856. The Hall–Kier alpha value is -1.52. The molecular formula is C18H26O9. The van der Waals surface area contributed by atoms with Crippen LogP contribution in [0.25, 0.3) is 0 Å². The van der Waals surface area contributed by atoms with Crippen LogP contribution >= 0.6 is 0 Å². The summed E-state index contributed by atoms with van der Waals surface area (Å²) < 4.78 is 39.2. The topological polar surface area (TPSA) is 98.8 Å². The average Bonchev–Trinajstić information content (AvgIpc) is 3.16. The van der Waals surface area contributed by atoms with E-state index in [9.17, 15) is 9.59 Å². The number of hydrogen-bond donors (Lipinski definition) is 0. The quantitative estimate of drug-likeness (QED) is 0.495. The second-order valence-electron chi connectivity index (χ2n) is 7.55. The molecule has 0 amide bonds. The molecule has 9 nitrogen and oxygen atoms in total. The molecule has 3 saturated heterocycles. The predicted molar refractivity (Wildman–Crippen MR) is 89.0 cm³/mol. The number of hydrogen-bond acceptors (Lipinski definition) is 9. The maximum atomic E-state index is 12.3. The SMILES string of the molecule is C=COC(=O)CCC(=O)O[C@@H]1[C@H]2OC(C)(C)O[C@H]2O[C@@H]1C1COC(C)(C)O1. The zero-order chi connectivity index (χ0) is 19.8. The molecule has 3 rings (SSSR count). The summed E-state index contributed by atoms with van der Waals surface area (Å²) in [5.41, 5.74) is 0. The maximum Gasteiger partial charge on any atom is 0.311 e. The van der Waals surface area contributed by atoms with Gasteiger partial charge in [0.05, 0.1) is 25.7 Å². The fourth-order valence-corrected chi connectivity index (χ4v) is 3.38. The average molecular weight is 386 g/mol. The summed E-state index contributed by atoms with van der Waals surface area (Å²) >= 11 is 0. The van der Waals surface area contributed by atoms with Crippen LogP contribution in [0.1, 0.15) is 40.5 Å². The van der Waals surface area contributed by atoms with E-state index in [2.05, 4.69) is 11.3 Å². The number of carbonyl (C=O) groups is 2. The summed E-state index contributed by atoms with van der Waals surface area (Å²) in [6.07, 6.45) is -2.30. The van der Waals surface area contributed by atoms with Crippen molar-refractivity contribution in [3.8, 4) is 0 Å². The van der Waals surface area contributed by atoms with E-state index < -0.39 is 54.2 Å². The van der Waals surface area contributed by atoms with Crippen molar-refractivity contribution in [3.05, 3.63) is 12.8 Å². The second kappa shape index (κ2) is 7.48. The molecule has 3 heterocycles. The van der Waals surface area contributed by atoms with Crippen LogP contribution in [0.4, 0.5) is 0 Å². The van der Waals surface area contributed by atoms with Gasteiger partial charge in [-0.25, -0.2) is 0 Å². The number of fused-ring (bicyclic) bond motifs is 1. The normalized spacial score (nSPS) is 36.2. The molecule has 152 valence electrons. The molecule has 0 aliphatic carbocycles. The summed E-state index contributed by atoms with van der Waals surface area (Å²) in [6.45, 7) is 10.7. The van der Waals surface area contributed by atoms with Crippen molar-refractivity contribution in [2.75, 3.05) is 6.61 Å². The highest BCUT2D eigenvalue weighted by atomic mass is 16.8. The number of rotatable bonds is 6. The molecule has 0 aromatic rings. The van der Waals surface area contributed by atoms with E-state index in [1.165, 1.54) is 0 Å². The van der Waals surface area contributed by atoms with E-state index in [0.29, 0.717) is 6.61 Å². The maximum absolute atomic E-state index is 12.3. The molecule has 3 fully saturated rings. The molecule has 0 N–H and O–H groups in total. The molecule has 9 heteroatoms. The Morgan fingerprint density at radius 1 is 1.04 bits per heavy atom. The standard InChI is InChI=1S/C18H26O9/c1-6-21-11(19)7-8-12(20)23-14-13(10-9-22-17(2,3)25-10)24-16-15(14)26-18(4,5)27-16/h6,10,13-16H,1,7-9H2,2-5H3/t10?,13-,14+,15-,16-/m1/s1. The Morgan fingerprint density at radius 3 is 2.37 bits per heavy atom. The minimum absolute atomic E-state index is 0.115. The molecule has 0 bridgehead atoms. The predicted octanol–water partition coefficient (Wildman–Crippen LogP) is 1.39. The van der Waals surface area contributed by atoms with Crippen molar-refractivity contribution in [2.45, 2.75) is 82.8 Å². The minimum Gasteiger partial charge on any atom is -0.456 e. The van der Waals surface area contributed by atoms with Gasteiger partial charge in [-0.3, -0.25) is 9.59 Å². The highest BCUT2D eigenvalue weighted by Gasteiger charge is 2.59. The van der Waals surface area contributed by atoms with Crippen LogP contribution in [0, 0.1) is 0 Å². The summed E-state index contributed by atoms with van der Waals surface area (Å²) in [7, 11) is 0. The Labute approximate surface area is 157 Å². The summed E-state index contributed by atoms with van der Waals surface area (Å²) in [5, 5.41) is 0. The van der Waals surface area contributed by atoms with Gasteiger partial charge in [0, 0.05) is 0 Å². The van der Waals surface area contributed by atoms with Crippen molar-refractivity contribution in [1.29, 1.82) is 0 Å². The highest BCUT2D eigenvalue weighted by Crippen LogP contribution is 2.42. The van der Waals surface area contributed by atoms with Gasteiger partial charge in [-0.1, -0.05) is 6.58 Å². The lowest BCUT2D eigenvalue weighted by Gasteiger charge is -2.28. The van der Waals surface area contributed by atoms with E-state index in [1.807, 2.05) is 0 Å². The van der Waals surface area contributed by atoms with Gasteiger partial charge in [-0.15, -0.1) is 0 Å². The number of carbonyl (C=O) groups excluding carboxylic acids is 2. The largest absolute Gasteiger partial charge is 0.456 e. The van der Waals surface area contributed by atoms with Crippen LogP contribution in [0.3, 0.4) is 0 Å². The first-order valence-electron chi connectivity index (χ1n) is 8.93. The molecule has 0 radical (unpaired) electrons. The van der Waals surface area contributed by atoms with Crippen molar-refractivity contribution in [1.82, 2.24) is 0 Å². The molecule has 3 aliphatic rings. The van der Waals surface area contributed by atoms with Crippen LogP contribution in [-0.4, -0.2) is 60.8 Å². The van der Waals surface area contributed by atoms with Gasteiger partial charge < -0.3 is 33.2 Å². The second-order valence-corrected chi connectivity index (χ2v) is 7.55. The molecule has 0 spiro atoms. The Bertz CT molecular complexity index is 600. The van der Waals surface area contributed by atoms with Crippen molar-refractivity contribution in [3.63, 3.8) is 0 Å². The van der Waals surface area contributed by atoms with E-state index in [-0.39, 0.29) is 12.8 Å². The molecular weight excluding hydrogens is 360 g/mol. The van der Waals surface area contributed by atoms with Crippen LogP contribution in [0.15, 0.2) is 12.8 Å². The third-order valence-corrected chi connectivity index (χ3v) is 4.44. The molecule has 27 heavy (non-hydrogen) atoms. The lowest BCUT2D eigenvalue weighted by Crippen LogP contribution is -2.45. The van der Waals surface area contributed by atoms with Crippen LogP contribution in [0.5, 0.6) is 0 Å².